The number of hydrogen-bond acceptors (Lipinski definition) is 7. The maximum absolute atomic E-state index is 13.1. The summed E-state index contributed by atoms with van der Waals surface area (Å²) in [6.07, 6.45) is 0.609. The Morgan fingerprint density at radius 1 is 1.03 bits per heavy atom. The minimum atomic E-state index is -0.871. The summed E-state index contributed by atoms with van der Waals surface area (Å²) in [4.78, 5) is 27.4. The van der Waals surface area contributed by atoms with E-state index in [1.807, 2.05) is 6.92 Å². The average molecular weight is 441 g/mol. The molecule has 8 nitrogen and oxygen atoms in total. The molecule has 1 aliphatic heterocycles. The lowest BCUT2D eigenvalue weighted by Crippen LogP contribution is -2.30. The van der Waals surface area contributed by atoms with Gasteiger partial charge in [0.1, 0.15) is 22.8 Å². The third-order valence-corrected chi connectivity index (χ3v) is 5.27. The quantitative estimate of drug-likeness (QED) is 0.366. The molecule has 1 fully saturated rings. The summed E-state index contributed by atoms with van der Waals surface area (Å²) in [5.41, 5.74) is 0.620. The highest BCUT2D eigenvalue weighted by Gasteiger charge is 2.46. The van der Waals surface area contributed by atoms with Gasteiger partial charge in [-0.05, 0) is 43.2 Å². The lowest BCUT2D eigenvalue weighted by Gasteiger charge is -2.25. The minimum Gasteiger partial charge on any atom is -0.506 e. The number of Topliss-reactive ketones (excluding diaryl/α,β-unsaturated/α-hetero) is 1. The van der Waals surface area contributed by atoms with Crippen LogP contribution < -0.4 is 14.2 Å². The third kappa shape index (κ3) is 3.95. The average Bonchev–Trinajstić information content (AvgIpc) is 3.05. The number of amides is 1. The zero-order valence-electron chi connectivity index (χ0n) is 18.5. The first kappa shape index (κ1) is 23.0. The van der Waals surface area contributed by atoms with Crippen LogP contribution in [0.3, 0.4) is 0 Å². The number of phenols is 1. The number of aromatic hydroxyl groups is 1. The zero-order valence-corrected chi connectivity index (χ0v) is 18.5. The lowest BCUT2D eigenvalue weighted by atomic mass is 9.94. The molecule has 8 heteroatoms. The van der Waals surface area contributed by atoms with Crippen molar-refractivity contribution >= 4 is 17.4 Å². The second kappa shape index (κ2) is 9.64. The Balaban J connectivity index is 2.29. The van der Waals surface area contributed by atoms with Crippen molar-refractivity contribution in [1.29, 1.82) is 0 Å². The standard InChI is InChI=1S/C24H27NO7/c1-5-12-25-21(14-10-11-15(26)18(13-14)32-6-2)20(23(28)24(25)29)22(27)19-16(30-3)8-7-9-17(19)31-4/h7-11,13,21,26-27H,5-6,12H2,1-4H3/b22-20+. The van der Waals surface area contributed by atoms with Crippen molar-refractivity contribution in [2.75, 3.05) is 27.4 Å². The molecule has 1 atom stereocenters. The van der Waals surface area contributed by atoms with Crippen LogP contribution in [-0.4, -0.2) is 54.2 Å². The Kier molecular flexibility index (Phi) is 6.92. The summed E-state index contributed by atoms with van der Waals surface area (Å²) < 4.78 is 16.2. The molecule has 0 spiro atoms. The summed E-state index contributed by atoms with van der Waals surface area (Å²) in [7, 11) is 2.88. The van der Waals surface area contributed by atoms with Crippen molar-refractivity contribution in [3.05, 3.63) is 53.1 Å². The van der Waals surface area contributed by atoms with Crippen molar-refractivity contribution in [1.82, 2.24) is 4.90 Å². The first-order valence-electron chi connectivity index (χ1n) is 10.3. The Hall–Kier alpha value is -3.68. The number of rotatable bonds is 8. The van der Waals surface area contributed by atoms with E-state index in [0.717, 1.165) is 0 Å². The van der Waals surface area contributed by atoms with E-state index in [-0.39, 0.29) is 22.6 Å². The van der Waals surface area contributed by atoms with Gasteiger partial charge in [-0.3, -0.25) is 9.59 Å². The SMILES string of the molecule is CCCN1C(=O)C(=O)/C(=C(/O)c2c(OC)cccc2OC)C1c1ccc(O)c(OCC)c1. The van der Waals surface area contributed by atoms with Gasteiger partial charge in [0.05, 0.1) is 32.4 Å². The highest BCUT2D eigenvalue weighted by atomic mass is 16.5. The van der Waals surface area contributed by atoms with Crippen LogP contribution >= 0.6 is 0 Å². The molecule has 1 amide bonds. The van der Waals surface area contributed by atoms with Crippen molar-refractivity contribution in [3.63, 3.8) is 0 Å². The number of carbonyl (C=O) groups is 2. The molecule has 1 heterocycles. The number of nitrogens with zero attached hydrogens (tertiary/aromatic N) is 1. The van der Waals surface area contributed by atoms with E-state index in [4.69, 9.17) is 14.2 Å². The highest BCUT2D eigenvalue weighted by Crippen LogP contribution is 2.44. The van der Waals surface area contributed by atoms with Gasteiger partial charge in [-0.2, -0.15) is 0 Å². The van der Waals surface area contributed by atoms with E-state index in [9.17, 15) is 19.8 Å². The number of carbonyl (C=O) groups excluding carboxylic acids is 2. The van der Waals surface area contributed by atoms with Crippen molar-refractivity contribution in [3.8, 4) is 23.0 Å². The molecular formula is C24H27NO7. The normalized spacial score (nSPS) is 17.5. The van der Waals surface area contributed by atoms with Gasteiger partial charge in [0.2, 0.25) is 0 Å². The number of aliphatic hydroxyl groups excluding tert-OH is 1. The molecule has 2 aromatic rings. The molecule has 2 aromatic carbocycles. The number of ketones is 1. The molecular weight excluding hydrogens is 414 g/mol. The van der Waals surface area contributed by atoms with Crippen LogP contribution in [0.2, 0.25) is 0 Å². The fraction of sp³-hybridized carbons (Fsp3) is 0.333. The first-order valence-corrected chi connectivity index (χ1v) is 10.3. The number of phenolic OH excluding ortho intramolecular Hbond substituents is 1. The highest BCUT2D eigenvalue weighted by molar-refractivity contribution is 6.46. The predicted octanol–water partition coefficient (Wildman–Crippen LogP) is 3.64. The molecule has 32 heavy (non-hydrogen) atoms. The van der Waals surface area contributed by atoms with E-state index in [1.54, 1.807) is 37.3 Å². The van der Waals surface area contributed by atoms with Crippen LogP contribution in [0.1, 0.15) is 37.4 Å². The molecule has 1 unspecified atom stereocenters. The smallest absolute Gasteiger partial charge is 0.295 e. The van der Waals surface area contributed by atoms with Gasteiger partial charge in [-0.15, -0.1) is 0 Å². The summed E-state index contributed by atoms with van der Waals surface area (Å²) in [5.74, 6) is -1.16. The molecule has 1 aliphatic rings. The Bertz CT molecular complexity index is 1040. The fourth-order valence-corrected chi connectivity index (χ4v) is 3.89. The van der Waals surface area contributed by atoms with Gasteiger partial charge in [-0.25, -0.2) is 0 Å². The zero-order chi connectivity index (χ0) is 23.4. The molecule has 0 radical (unpaired) electrons. The number of aliphatic hydroxyl groups is 1. The molecule has 2 N–H and O–H groups in total. The third-order valence-electron chi connectivity index (χ3n) is 5.27. The number of benzene rings is 2. The van der Waals surface area contributed by atoms with E-state index >= 15 is 0 Å². The second-order valence-electron chi connectivity index (χ2n) is 7.19. The monoisotopic (exact) mass is 441 g/mol. The lowest BCUT2D eigenvalue weighted by molar-refractivity contribution is -0.139. The fourth-order valence-electron chi connectivity index (χ4n) is 3.89. The molecule has 3 rings (SSSR count). The summed E-state index contributed by atoms with van der Waals surface area (Å²) in [5, 5.41) is 21.4. The first-order chi connectivity index (χ1) is 15.4. The van der Waals surface area contributed by atoms with Crippen LogP contribution in [-0.2, 0) is 9.59 Å². The number of likely N-dealkylation sites (tertiary alicyclic amines) is 1. The van der Waals surface area contributed by atoms with Gasteiger partial charge in [0, 0.05) is 6.54 Å². The van der Waals surface area contributed by atoms with Gasteiger partial charge in [-0.1, -0.05) is 19.1 Å². The molecule has 0 aliphatic carbocycles. The molecule has 0 aromatic heterocycles. The van der Waals surface area contributed by atoms with Gasteiger partial charge >= 0.3 is 0 Å². The molecule has 0 saturated carbocycles. The summed E-state index contributed by atoms with van der Waals surface area (Å²) in [6.45, 7) is 4.30. The molecule has 1 saturated heterocycles. The topological polar surface area (TPSA) is 106 Å². The van der Waals surface area contributed by atoms with E-state index in [2.05, 4.69) is 0 Å². The predicted molar refractivity (Wildman–Crippen MR) is 118 cm³/mol. The number of hydrogen-bond donors (Lipinski definition) is 2. The number of methoxy groups -OCH3 is 2. The van der Waals surface area contributed by atoms with Crippen LogP contribution in [0.15, 0.2) is 42.0 Å². The van der Waals surface area contributed by atoms with Gasteiger partial charge in [0.25, 0.3) is 11.7 Å². The van der Waals surface area contributed by atoms with Crippen molar-refractivity contribution in [2.45, 2.75) is 26.3 Å². The van der Waals surface area contributed by atoms with Crippen LogP contribution in [0.5, 0.6) is 23.0 Å². The van der Waals surface area contributed by atoms with E-state index in [1.165, 1.54) is 25.2 Å². The van der Waals surface area contributed by atoms with E-state index in [0.29, 0.717) is 36.6 Å². The van der Waals surface area contributed by atoms with E-state index < -0.39 is 23.5 Å². The van der Waals surface area contributed by atoms with Crippen molar-refractivity contribution < 1.29 is 34.0 Å². The minimum absolute atomic E-state index is 0.0607. The van der Waals surface area contributed by atoms with Gasteiger partial charge in [0.15, 0.2) is 11.5 Å². The molecule has 0 bridgehead atoms. The van der Waals surface area contributed by atoms with Gasteiger partial charge < -0.3 is 29.3 Å². The van der Waals surface area contributed by atoms with Crippen LogP contribution in [0.4, 0.5) is 0 Å². The molecule has 170 valence electrons. The number of ether oxygens (including phenoxy) is 3. The summed E-state index contributed by atoms with van der Waals surface area (Å²) >= 11 is 0. The maximum atomic E-state index is 13.1. The maximum Gasteiger partial charge on any atom is 0.295 e. The summed E-state index contributed by atoms with van der Waals surface area (Å²) in [6, 6.07) is 8.69. The Morgan fingerprint density at radius 3 is 2.25 bits per heavy atom. The van der Waals surface area contributed by atoms with Crippen LogP contribution in [0.25, 0.3) is 5.76 Å². The largest absolute Gasteiger partial charge is 0.506 e. The Labute approximate surface area is 186 Å². The van der Waals surface area contributed by atoms with Crippen molar-refractivity contribution in [2.24, 2.45) is 0 Å². The van der Waals surface area contributed by atoms with Crippen LogP contribution in [0, 0.1) is 0 Å². The second-order valence-corrected chi connectivity index (χ2v) is 7.19. The Morgan fingerprint density at radius 2 is 1.69 bits per heavy atom.